The van der Waals surface area contributed by atoms with E-state index in [1.54, 1.807) is 0 Å². The molecule has 0 fully saturated rings. The van der Waals surface area contributed by atoms with Crippen LogP contribution in [-0.4, -0.2) is 42.3 Å². The Morgan fingerprint density at radius 3 is 2.28 bits per heavy atom. The van der Waals surface area contributed by atoms with E-state index in [-0.39, 0.29) is 12.1 Å². The van der Waals surface area contributed by atoms with E-state index in [2.05, 4.69) is 24.1 Å². The van der Waals surface area contributed by atoms with Crippen LogP contribution < -0.4 is 5.32 Å². The smallest absolute Gasteiger partial charge is 0.407 e. The van der Waals surface area contributed by atoms with Gasteiger partial charge >= 0.3 is 6.09 Å². The van der Waals surface area contributed by atoms with Crippen LogP contribution in [0, 0.1) is 0 Å². The van der Waals surface area contributed by atoms with Gasteiger partial charge in [-0.3, -0.25) is 0 Å². The normalized spacial score (nSPS) is 13.5. The van der Waals surface area contributed by atoms with Gasteiger partial charge in [-0.2, -0.15) is 0 Å². The molecule has 0 heterocycles. The third-order valence-electron chi connectivity index (χ3n) is 2.77. The Bertz CT molecular complexity index is 232. The Kier molecular flexibility index (Phi) is 8.00. The summed E-state index contributed by atoms with van der Waals surface area (Å²) in [5.41, 5.74) is -0.426. The van der Waals surface area contributed by atoms with Gasteiger partial charge in [0.05, 0.1) is 0 Å². The van der Waals surface area contributed by atoms with Crippen molar-refractivity contribution in [2.75, 3.05) is 19.6 Å². The molecule has 0 radical (unpaired) electrons. The molecule has 0 saturated carbocycles. The molecule has 1 amide bonds. The van der Waals surface area contributed by atoms with Crippen LogP contribution in [-0.2, 0) is 4.74 Å². The van der Waals surface area contributed by atoms with Crippen molar-refractivity contribution in [1.82, 2.24) is 10.2 Å². The van der Waals surface area contributed by atoms with E-state index in [0.29, 0.717) is 0 Å². The standard InChI is InChI=1S/C14H30N2O2/c1-7-16(8-2)11-9-10-12(3)15-13(17)18-14(4,5)6/h12H,7-11H2,1-6H3,(H,15,17)/t12-/m0/s1. The van der Waals surface area contributed by atoms with Crippen LogP contribution in [0.15, 0.2) is 0 Å². The SMILES string of the molecule is CCN(CC)CCC[C@H](C)NC(=O)OC(C)(C)C. The highest BCUT2D eigenvalue weighted by Crippen LogP contribution is 2.07. The quantitative estimate of drug-likeness (QED) is 0.763. The Morgan fingerprint density at radius 1 is 1.28 bits per heavy atom. The zero-order chi connectivity index (χ0) is 14.2. The Morgan fingerprint density at radius 2 is 1.83 bits per heavy atom. The van der Waals surface area contributed by atoms with Gasteiger partial charge in [-0.05, 0) is 60.2 Å². The van der Waals surface area contributed by atoms with E-state index in [0.717, 1.165) is 32.5 Å². The molecule has 0 aliphatic heterocycles. The van der Waals surface area contributed by atoms with Crippen molar-refractivity contribution < 1.29 is 9.53 Å². The van der Waals surface area contributed by atoms with Gasteiger partial charge in [-0.15, -0.1) is 0 Å². The van der Waals surface area contributed by atoms with Crippen LogP contribution in [0.4, 0.5) is 4.79 Å². The van der Waals surface area contributed by atoms with E-state index < -0.39 is 5.60 Å². The lowest BCUT2D eigenvalue weighted by Crippen LogP contribution is -2.38. The number of rotatable bonds is 7. The van der Waals surface area contributed by atoms with Crippen LogP contribution in [0.3, 0.4) is 0 Å². The van der Waals surface area contributed by atoms with Gasteiger partial charge in [0.2, 0.25) is 0 Å². The summed E-state index contributed by atoms with van der Waals surface area (Å²) < 4.78 is 5.22. The van der Waals surface area contributed by atoms with Gasteiger partial charge in [-0.1, -0.05) is 13.8 Å². The average Bonchev–Trinajstić information content (AvgIpc) is 2.21. The average molecular weight is 258 g/mol. The van der Waals surface area contributed by atoms with Crippen molar-refractivity contribution in [1.29, 1.82) is 0 Å². The fourth-order valence-corrected chi connectivity index (χ4v) is 1.74. The molecule has 4 heteroatoms. The molecule has 18 heavy (non-hydrogen) atoms. The first-order valence-electron chi connectivity index (χ1n) is 7.00. The first kappa shape index (κ1) is 17.2. The third kappa shape index (κ3) is 9.28. The van der Waals surface area contributed by atoms with Crippen LogP contribution >= 0.6 is 0 Å². The second kappa shape index (κ2) is 8.35. The lowest BCUT2D eigenvalue weighted by Gasteiger charge is -2.23. The van der Waals surface area contributed by atoms with Gasteiger partial charge < -0.3 is 15.0 Å². The van der Waals surface area contributed by atoms with Crippen molar-refractivity contribution in [2.24, 2.45) is 0 Å². The fraction of sp³-hybridized carbons (Fsp3) is 0.929. The molecule has 4 nitrogen and oxygen atoms in total. The van der Waals surface area contributed by atoms with Crippen molar-refractivity contribution in [3.05, 3.63) is 0 Å². The minimum atomic E-state index is -0.426. The number of nitrogens with zero attached hydrogens (tertiary/aromatic N) is 1. The van der Waals surface area contributed by atoms with Crippen molar-refractivity contribution in [2.45, 2.75) is 66.0 Å². The summed E-state index contributed by atoms with van der Waals surface area (Å²) in [6, 6.07) is 0.162. The molecule has 0 aromatic rings. The maximum absolute atomic E-state index is 11.5. The number of alkyl carbamates (subject to hydrolysis) is 1. The summed E-state index contributed by atoms with van der Waals surface area (Å²) in [7, 11) is 0. The molecule has 0 aliphatic carbocycles. The monoisotopic (exact) mass is 258 g/mol. The molecular formula is C14H30N2O2. The van der Waals surface area contributed by atoms with Crippen molar-refractivity contribution >= 4 is 6.09 Å². The topological polar surface area (TPSA) is 41.6 Å². The minimum Gasteiger partial charge on any atom is -0.444 e. The Labute approximate surface area is 112 Å². The van der Waals surface area contributed by atoms with Crippen LogP contribution in [0.25, 0.3) is 0 Å². The highest BCUT2D eigenvalue weighted by Gasteiger charge is 2.17. The third-order valence-corrected chi connectivity index (χ3v) is 2.77. The summed E-state index contributed by atoms with van der Waals surface area (Å²) in [6.07, 6.45) is 1.76. The second-order valence-corrected chi connectivity index (χ2v) is 5.72. The summed E-state index contributed by atoms with van der Waals surface area (Å²) in [6.45, 7) is 15.2. The number of ether oxygens (including phenoxy) is 1. The largest absolute Gasteiger partial charge is 0.444 e. The Balaban J connectivity index is 3.77. The molecule has 0 rings (SSSR count). The fourth-order valence-electron chi connectivity index (χ4n) is 1.74. The molecule has 0 spiro atoms. The number of carbonyl (C=O) groups is 1. The highest BCUT2D eigenvalue weighted by atomic mass is 16.6. The number of hydrogen-bond donors (Lipinski definition) is 1. The van der Waals surface area contributed by atoms with Gasteiger partial charge in [0.1, 0.15) is 5.60 Å². The minimum absolute atomic E-state index is 0.162. The first-order chi connectivity index (χ1) is 8.28. The molecule has 0 unspecified atom stereocenters. The second-order valence-electron chi connectivity index (χ2n) is 5.72. The zero-order valence-corrected chi connectivity index (χ0v) is 12.9. The van der Waals surface area contributed by atoms with E-state index >= 15 is 0 Å². The molecule has 1 N–H and O–H groups in total. The predicted molar refractivity (Wildman–Crippen MR) is 75.9 cm³/mol. The lowest BCUT2D eigenvalue weighted by atomic mass is 10.2. The maximum atomic E-state index is 11.5. The highest BCUT2D eigenvalue weighted by molar-refractivity contribution is 5.67. The van der Waals surface area contributed by atoms with Gasteiger partial charge in [0.25, 0.3) is 0 Å². The van der Waals surface area contributed by atoms with E-state index in [9.17, 15) is 4.79 Å². The molecule has 0 saturated heterocycles. The molecule has 0 aromatic carbocycles. The molecule has 1 atom stereocenters. The van der Waals surface area contributed by atoms with Crippen LogP contribution in [0.5, 0.6) is 0 Å². The first-order valence-corrected chi connectivity index (χ1v) is 7.00. The lowest BCUT2D eigenvalue weighted by molar-refractivity contribution is 0.0505. The number of carbonyl (C=O) groups excluding carboxylic acids is 1. The van der Waals surface area contributed by atoms with Gasteiger partial charge in [0.15, 0.2) is 0 Å². The van der Waals surface area contributed by atoms with E-state index in [1.165, 1.54) is 0 Å². The van der Waals surface area contributed by atoms with E-state index in [1.807, 2.05) is 27.7 Å². The summed E-state index contributed by atoms with van der Waals surface area (Å²) in [4.78, 5) is 13.9. The number of amides is 1. The maximum Gasteiger partial charge on any atom is 0.407 e. The number of hydrogen-bond acceptors (Lipinski definition) is 3. The van der Waals surface area contributed by atoms with Crippen molar-refractivity contribution in [3.63, 3.8) is 0 Å². The number of nitrogens with one attached hydrogen (secondary N) is 1. The molecule has 0 aromatic heterocycles. The molecule has 0 aliphatic rings. The molecular weight excluding hydrogens is 228 g/mol. The van der Waals surface area contributed by atoms with Crippen LogP contribution in [0.2, 0.25) is 0 Å². The van der Waals surface area contributed by atoms with Gasteiger partial charge in [-0.25, -0.2) is 4.79 Å². The van der Waals surface area contributed by atoms with Gasteiger partial charge in [0, 0.05) is 6.04 Å². The molecule has 108 valence electrons. The Hall–Kier alpha value is -0.770. The predicted octanol–water partition coefficient (Wildman–Crippen LogP) is 3.02. The summed E-state index contributed by atoms with van der Waals surface area (Å²) in [5, 5.41) is 2.87. The summed E-state index contributed by atoms with van der Waals surface area (Å²) in [5.74, 6) is 0. The molecule has 0 bridgehead atoms. The summed E-state index contributed by atoms with van der Waals surface area (Å²) >= 11 is 0. The van der Waals surface area contributed by atoms with Crippen molar-refractivity contribution in [3.8, 4) is 0 Å². The van der Waals surface area contributed by atoms with Crippen LogP contribution in [0.1, 0.15) is 54.4 Å². The van der Waals surface area contributed by atoms with E-state index in [4.69, 9.17) is 4.74 Å². The zero-order valence-electron chi connectivity index (χ0n) is 12.9.